The molecule has 0 saturated heterocycles. The van der Waals surface area contributed by atoms with Crippen LogP contribution in [0.15, 0.2) is 6.33 Å². The molecule has 0 radical (unpaired) electrons. The van der Waals surface area contributed by atoms with Crippen LogP contribution in [0.4, 0.5) is 5.82 Å². The fourth-order valence-electron chi connectivity index (χ4n) is 2.21. The zero-order valence-electron chi connectivity index (χ0n) is 10.3. The number of ether oxygens (including phenoxy) is 1. The number of methoxy groups -OCH3 is 1. The van der Waals surface area contributed by atoms with Crippen molar-refractivity contribution in [2.75, 3.05) is 25.6 Å². The zero-order chi connectivity index (χ0) is 12.1. The van der Waals surface area contributed by atoms with E-state index in [4.69, 9.17) is 10.5 Å². The predicted molar refractivity (Wildman–Crippen MR) is 67.0 cm³/mol. The Hall–Kier alpha value is -1.20. The SMILES string of the molecule is COCC(CN)Nc1ncnc2c1CCCC2. The Morgan fingerprint density at radius 3 is 3.00 bits per heavy atom. The molecule has 5 nitrogen and oxygen atoms in total. The van der Waals surface area contributed by atoms with Crippen LogP contribution in [0.25, 0.3) is 0 Å². The summed E-state index contributed by atoms with van der Waals surface area (Å²) in [6, 6.07) is 0.112. The summed E-state index contributed by atoms with van der Waals surface area (Å²) < 4.78 is 5.13. The second kappa shape index (κ2) is 5.93. The second-order valence-corrected chi connectivity index (χ2v) is 4.39. The third kappa shape index (κ3) is 2.92. The second-order valence-electron chi connectivity index (χ2n) is 4.39. The van der Waals surface area contributed by atoms with Gasteiger partial charge in [0.15, 0.2) is 0 Å². The summed E-state index contributed by atoms with van der Waals surface area (Å²) in [5.74, 6) is 0.933. The van der Waals surface area contributed by atoms with Crippen molar-refractivity contribution in [1.82, 2.24) is 9.97 Å². The molecule has 1 unspecified atom stereocenters. The van der Waals surface area contributed by atoms with Crippen LogP contribution in [0.2, 0.25) is 0 Å². The highest BCUT2D eigenvalue weighted by Gasteiger charge is 2.17. The third-order valence-electron chi connectivity index (χ3n) is 3.12. The topological polar surface area (TPSA) is 73.1 Å². The first-order valence-corrected chi connectivity index (χ1v) is 6.13. The molecule has 0 aromatic carbocycles. The number of nitrogens with two attached hydrogens (primary N) is 1. The molecular formula is C12H20N4O. The number of hydrogen-bond donors (Lipinski definition) is 2. The molecule has 0 aliphatic heterocycles. The first kappa shape index (κ1) is 12.3. The number of rotatable bonds is 5. The maximum Gasteiger partial charge on any atom is 0.133 e. The number of aromatic nitrogens is 2. The van der Waals surface area contributed by atoms with Crippen LogP contribution in [0.1, 0.15) is 24.1 Å². The van der Waals surface area contributed by atoms with Crippen molar-refractivity contribution in [3.63, 3.8) is 0 Å². The van der Waals surface area contributed by atoms with E-state index < -0.39 is 0 Å². The van der Waals surface area contributed by atoms with Gasteiger partial charge in [0.1, 0.15) is 12.1 Å². The summed E-state index contributed by atoms with van der Waals surface area (Å²) in [4.78, 5) is 8.67. The molecule has 2 rings (SSSR count). The van der Waals surface area contributed by atoms with Crippen LogP contribution in [-0.2, 0) is 17.6 Å². The normalized spacial score (nSPS) is 16.4. The standard InChI is InChI=1S/C12H20N4O/c1-17-7-9(6-13)16-12-10-4-2-3-5-11(10)14-8-15-12/h8-9H,2-7,13H2,1H3,(H,14,15,16). The van der Waals surface area contributed by atoms with Crippen molar-refractivity contribution in [2.24, 2.45) is 5.73 Å². The van der Waals surface area contributed by atoms with Crippen LogP contribution in [-0.4, -0.2) is 36.3 Å². The molecule has 1 aliphatic carbocycles. The number of hydrogen-bond acceptors (Lipinski definition) is 5. The number of fused-ring (bicyclic) bond motifs is 1. The Morgan fingerprint density at radius 1 is 1.41 bits per heavy atom. The fourth-order valence-corrected chi connectivity index (χ4v) is 2.21. The van der Waals surface area contributed by atoms with E-state index in [0.29, 0.717) is 13.2 Å². The first-order valence-electron chi connectivity index (χ1n) is 6.13. The van der Waals surface area contributed by atoms with Gasteiger partial charge in [-0.05, 0) is 25.7 Å². The highest BCUT2D eigenvalue weighted by molar-refractivity contribution is 5.47. The summed E-state index contributed by atoms with van der Waals surface area (Å²) in [7, 11) is 1.68. The van der Waals surface area contributed by atoms with Gasteiger partial charge in [-0.25, -0.2) is 9.97 Å². The Morgan fingerprint density at radius 2 is 2.24 bits per heavy atom. The molecule has 0 saturated carbocycles. The molecule has 0 amide bonds. The number of nitrogens with zero attached hydrogens (tertiary/aromatic N) is 2. The minimum atomic E-state index is 0.112. The zero-order valence-corrected chi connectivity index (χ0v) is 10.3. The molecule has 1 aromatic heterocycles. The highest BCUT2D eigenvalue weighted by Crippen LogP contribution is 2.24. The molecule has 0 fully saturated rings. The first-order chi connectivity index (χ1) is 8.35. The molecular weight excluding hydrogens is 216 g/mol. The van der Waals surface area contributed by atoms with Gasteiger partial charge < -0.3 is 15.8 Å². The number of aryl methyl sites for hydroxylation is 1. The molecule has 17 heavy (non-hydrogen) atoms. The molecule has 1 aliphatic rings. The van der Waals surface area contributed by atoms with Crippen molar-refractivity contribution in [1.29, 1.82) is 0 Å². The van der Waals surface area contributed by atoms with Crippen LogP contribution < -0.4 is 11.1 Å². The van der Waals surface area contributed by atoms with Gasteiger partial charge in [0, 0.05) is 24.9 Å². The van der Waals surface area contributed by atoms with Crippen molar-refractivity contribution in [3.05, 3.63) is 17.6 Å². The van der Waals surface area contributed by atoms with Crippen molar-refractivity contribution in [3.8, 4) is 0 Å². The highest BCUT2D eigenvalue weighted by atomic mass is 16.5. The number of anilines is 1. The molecule has 94 valence electrons. The van der Waals surface area contributed by atoms with E-state index in [2.05, 4.69) is 15.3 Å². The van der Waals surface area contributed by atoms with Gasteiger partial charge in [0.05, 0.1) is 12.6 Å². The Labute approximate surface area is 102 Å². The lowest BCUT2D eigenvalue weighted by atomic mass is 9.96. The maximum atomic E-state index is 5.70. The quantitative estimate of drug-likeness (QED) is 0.789. The molecule has 1 atom stereocenters. The lowest BCUT2D eigenvalue weighted by Gasteiger charge is -2.22. The van der Waals surface area contributed by atoms with E-state index in [9.17, 15) is 0 Å². The minimum Gasteiger partial charge on any atom is -0.383 e. The van der Waals surface area contributed by atoms with Gasteiger partial charge in [0.25, 0.3) is 0 Å². The Kier molecular flexibility index (Phi) is 4.28. The van der Waals surface area contributed by atoms with Gasteiger partial charge in [-0.2, -0.15) is 0 Å². The lowest BCUT2D eigenvalue weighted by Crippen LogP contribution is -2.34. The van der Waals surface area contributed by atoms with Crippen LogP contribution in [0, 0.1) is 0 Å². The van der Waals surface area contributed by atoms with Gasteiger partial charge in [0.2, 0.25) is 0 Å². The third-order valence-corrected chi connectivity index (χ3v) is 3.12. The number of nitrogens with one attached hydrogen (secondary N) is 1. The fraction of sp³-hybridized carbons (Fsp3) is 0.667. The average molecular weight is 236 g/mol. The van der Waals surface area contributed by atoms with Crippen molar-refractivity contribution < 1.29 is 4.74 Å². The Bertz CT molecular complexity index is 370. The Balaban J connectivity index is 2.14. The molecule has 0 spiro atoms. The van der Waals surface area contributed by atoms with E-state index >= 15 is 0 Å². The van der Waals surface area contributed by atoms with Gasteiger partial charge in [-0.15, -0.1) is 0 Å². The molecule has 1 heterocycles. The van der Waals surface area contributed by atoms with Crippen LogP contribution in [0.3, 0.4) is 0 Å². The minimum absolute atomic E-state index is 0.112. The van der Waals surface area contributed by atoms with E-state index in [1.165, 1.54) is 24.1 Å². The summed E-state index contributed by atoms with van der Waals surface area (Å²) in [6.07, 6.45) is 6.19. The maximum absolute atomic E-state index is 5.70. The predicted octanol–water partition coefficient (Wildman–Crippen LogP) is 0.741. The smallest absolute Gasteiger partial charge is 0.133 e. The van der Waals surface area contributed by atoms with Crippen LogP contribution in [0.5, 0.6) is 0 Å². The van der Waals surface area contributed by atoms with E-state index in [1.807, 2.05) is 0 Å². The molecule has 5 heteroatoms. The summed E-state index contributed by atoms with van der Waals surface area (Å²) in [5.41, 5.74) is 8.14. The summed E-state index contributed by atoms with van der Waals surface area (Å²) in [5, 5.41) is 3.36. The summed E-state index contributed by atoms with van der Waals surface area (Å²) in [6.45, 7) is 1.13. The largest absolute Gasteiger partial charge is 0.383 e. The lowest BCUT2D eigenvalue weighted by molar-refractivity contribution is 0.187. The molecule has 3 N–H and O–H groups in total. The van der Waals surface area contributed by atoms with Gasteiger partial charge >= 0.3 is 0 Å². The van der Waals surface area contributed by atoms with Gasteiger partial charge in [-0.1, -0.05) is 0 Å². The average Bonchev–Trinajstić information content (AvgIpc) is 2.38. The monoisotopic (exact) mass is 236 g/mol. The van der Waals surface area contributed by atoms with Crippen molar-refractivity contribution in [2.45, 2.75) is 31.7 Å². The van der Waals surface area contributed by atoms with E-state index in [0.717, 1.165) is 18.7 Å². The van der Waals surface area contributed by atoms with Gasteiger partial charge in [-0.3, -0.25) is 0 Å². The molecule has 0 bridgehead atoms. The van der Waals surface area contributed by atoms with E-state index in [-0.39, 0.29) is 6.04 Å². The summed E-state index contributed by atoms with van der Waals surface area (Å²) >= 11 is 0. The van der Waals surface area contributed by atoms with Crippen LogP contribution >= 0.6 is 0 Å². The van der Waals surface area contributed by atoms with Crippen molar-refractivity contribution >= 4 is 5.82 Å². The van der Waals surface area contributed by atoms with E-state index in [1.54, 1.807) is 13.4 Å². The molecule has 1 aromatic rings.